The first-order valence-corrected chi connectivity index (χ1v) is 23.4. The smallest absolute Gasteiger partial charge is 0.457 e. The van der Waals surface area contributed by atoms with Gasteiger partial charge in [0.2, 0.25) is 0 Å². The lowest BCUT2D eigenvalue weighted by atomic mass is 10.1. The van der Waals surface area contributed by atoms with Gasteiger partial charge in [-0.3, -0.25) is 13.8 Å². The second-order valence-electron chi connectivity index (χ2n) is 14.3. The van der Waals surface area contributed by atoms with Crippen molar-refractivity contribution in [3.05, 3.63) is 72.9 Å². The first kappa shape index (κ1) is 53.9. The average Bonchev–Trinajstić information content (AvgIpc) is 3.19. The monoisotopic (exact) mass is 809 g/mol. The Morgan fingerprint density at radius 1 is 0.571 bits per heavy atom. The first-order chi connectivity index (χ1) is 27.3. The Balaban J connectivity index is 4.23. The molecule has 0 heterocycles. The zero-order chi connectivity index (χ0) is 41.1. The van der Waals surface area contributed by atoms with Gasteiger partial charge < -0.3 is 24.6 Å². The van der Waals surface area contributed by atoms with Gasteiger partial charge in [-0.1, -0.05) is 151 Å². The van der Waals surface area contributed by atoms with E-state index in [2.05, 4.69) is 86.8 Å². The fraction of sp³-hybridized carbons (Fsp3) is 0.717. The molecule has 9 nitrogen and oxygen atoms in total. The zero-order valence-corrected chi connectivity index (χ0v) is 36.2. The molecule has 0 aromatic rings. The molecule has 0 aliphatic rings. The van der Waals surface area contributed by atoms with Gasteiger partial charge in [-0.2, -0.15) is 0 Å². The lowest BCUT2D eigenvalue weighted by molar-refractivity contribution is -0.154. The van der Waals surface area contributed by atoms with Crippen LogP contribution in [0.25, 0.3) is 0 Å². The molecule has 3 unspecified atom stereocenters. The van der Waals surface area contributed by atoms with Gasteiger partial charge in [0.25, 0.3) is 0 Å². The van der Waals surface area contributed by atoms with E-state index in [0.717, 1.165) is 83.5 Å². The Hall–Kier alpha value is -2.10. The van der Waals surface area contributed by atoms with E-state index in [0.29, 0.717) is 13.0 Å². The van der Waals surface area contributed by atoms with Crippen molar-refractivity contribution in [2.75, 3.05) is 33.0 Å². The molecule has 0 aliphatic carbocycles. The first-order valence-electron chi connectivity index (χ1n) is 21.9. The molecule has 0 aromatic carbocycles. The van der Waals surface area contributed by atoms with E-state index < -0.39 is 45.8 Å². The number of ether oxygens (including phenoxy) is 2. The van der Waals surface area contributed by atoms with Crippen molar-refractivity contribution in [3.8, 4) is 0 Å². The van der Waals surface area contributed by atoms with Crippen LogP contribution < -0.4 is 0 Å². The number of phosphoric acid groups is 1. The maximum absolute atomic E-state index is 12.6. The number of unbranched alkanes of at least 4 members (excludes halogenated alkanes) is 15. The molecule has 56 heavy (non-hydrogen) atoms. The highest BCUT2D eigenvalue weighted by atomic mass is 31.2. The summed E-state index contributed by atoms with van der Waals surface area (Å²) in [4.78, 5) is 22.6. The van der Waals surface area contributed by atoms with Crippen molar-refractivity contribution in [2.45, 2.75) is 180 Å². The van der Waals surface area contributed by atoms with E-state index in [9.17, 15) is 19.4 Å². The quantitative estimate of drug-likeness (QED) is 0.0239. The fourth-order valence-electron chi connectivity index (χ4n) is 5.55. The van der Waals surface area contributed by atoms with Crippen LogP contribution in [0.5, 0.6) is 0 Å². The minimum absolute atomic E-state index is 0.0225. The molecule has 0 aliphatic heterocycles. The van der Waals surface area contributed by atoms with Crippen LogP contribution in [-0.4, -0.2) is 66.3 Å². The maximum atomic E-state index is 12.6. The number of esters is 1. The van der Waals surface area contributed by atoms with Crippen molar-refractivity contribution in [1.29, 1.82) is 0 Å². The third-order valence-electron chi connectivity index (χ3n) is 8.88. The van der Waals surface area contributed by atoms with Crippen LogP contribution in [0.1, 0.15) is 168 Å². The number of phosphoric ester groups is 1. The Labute approximate surface area is 342 Å². The van der Waals surface area contributed by atoms with Crippen molar-refractivity contribution in [2.24, 2.45) is 0 Å². The summed E-state index contributed by atoms with van der Waals surface area (Å²) in [5, 5.41) is 18.3. The highest BCUT2D eigenvalue weighted by Crippen LogP contribution is 2.43. The van der Waals surface area contributed by atoms with E-state index in [4.69, 9.17) is 23.6 Å². The van der Waals surface area contributed by atoms with Gasteiger partial charge in [-0.15, -0.1) is 0 Å². The van der Waals surface area contributed by atoms with Crippen LogP contribution in [-0.2, 0) is 27.9 Å². The number of aliphatic hydroxyl groups is 2. The number of allylic oxidation sites excluding steroid dienone is 12. The minimum atomic E-state index is -4.53. The Morgan fingerprint density at radius 2 is 1.02 bits per heavy atom. The third kappa shape index (κ3) is 41.5. The normalized spacial score (nSPS) is 14.7. The maximum Gasteiger partial charge on any atom is 0.472 e. The molecule has 10 heteroatoms. The second-order valence-corrected chi connectivity index (χ2v) is 15.8. The Kier molecular flexibility index (Phi) is 40.9. The molecule has 0 fully saturated rings. The van der Waals surface area contributed by atoms with Crippen LogP contribution in [0, 0.1) is 0 Å². The number of hydrogen-bond acceptors (Lipinski definition) is 8. The van der Waals surface area contributed by atoms with E-state index >= 15 is 0 Å². The summed E-state index contributed by atoms with van der Waals surface area (Å²) < 4.78 is 33.3. The van der Waals surface area contributed by atoms with E-state index in [1.807, 2.05) is 0 Å². The molecule has 0 rings (SSSR count). The van der Waals surface area contributed by atoms with Crippen LogP contribution >= 0.6 is 7.82 Å². The average molecular weight is 809 g/mol. The molecular formula is C46H81O9P. The van der Waals surface area contributed by atoms with Crippen LogP contribution in [0.15, 0.2) is 72.9 Å². The number of carbonyl (C=O) groups excluding carboxylic acids is 1. The van der Waals surface area contributed by atoms with Gasteiger partial charge in [0.1, 0.15) is 12.2 Å². The summed E-state index contributed by atoms with van der Waals surface area (Å²) in [5.74, 6) is -0.401. The summed E-state index contributed by atoms with van der Waals surface area (Å²) in [7, 11) is -4.53. The SMILES string of the molecule is CC/C=C\C/C=C\C/C=C\C/C=C\CCCCCOCC(COP(=O)(O)OCC(O)CO)OC(=O)CCCCCCCCCCC/C=C\C/C=C\CCCCC. The number of hydrogen-bond donors (Lipinski definition) is 3. The molecule has 0 radical (unpaired) electrons. The van der Waals surface area contributed by atoms with Crippen LogP contribution in [0.2, 0.25) is 0 Å². The van der Waals surface area contributed by atoms with Crippen molar-refractivity contribution in [1.82, 2.24) is 0 Å². The largest absolute Gasteiger partial charge is 0.472 e. The molecule has 0 spiro atoms. The topological polar surface area (TPSA) is 132 Å². The van der Waals surface area contributed by atoms with Crippen molar-refractivity contribution in [3.63, 3.8) is 0 Å². The summed E-state index contributed by atoms with van der Waals surface area (Å²) in [6, 6.07) is 0. The predicted molar refractivity (Wildman–Crippen MR) is 233 cm³/mol. The molecule has 0 bridgehead atoms. The molecule has 3 N–H and O–H groups in total. The zero-order valence-electron chi connectivity index (χ0n) is 35.3. The summed E-state index contributed by atoms with van der Waals surface area (Å²) >= 11 is 0. The number of carbonyl (C=O) groups is 1. The van der Waals surface area contributed by atoms with Crippen molar-refractivity contribution >= 4 is 13.8 Å². The number of rotatable bonds is 41. The molecule has 0 saturated carbocycles. The molecule has 324 valence electrons. The fourth-order valence-corrected chi connectivity index (χ4v) is 6.34. The molecule has 0 amide bonds. The Bertz CT molecular complexity index is 1100. The van der Waals surface area contributed by atoms with Gasteiger partial charge >= 0.3 is 13.8 Å². The summed E-state index contributed by atoms with van der Waals surface area (Å²) in [6.45, 7) is 3.28. The van der Waals surface area contributed by atoms with Gasteiger partial charge in [0, 0.05) is 13.0 Å². The van der Waals surface area contributed by atoms with E-state index in [-0.39, 0.29) is 13.0 Å². The lowest BCUT2D eigenvalue weighted by Crippen LogP contribution is -2.29. The van der Waals surface area contributed by atoms with Crippen molar-refractivity contribution < 1.29 is 43.0 Å². The van der Waals surface area contributed by atoms with Crippen LogP contribution in [0.3, 0.4) is 0 Å². The highest BCUT2D eigenvalue weighted by Gasteiger charge is 2.26. The minimum Gasteiger partial charge on any atom is -0.457 e. The molecule has 3 atom stereocenters. The third-order valence-corrected chi connectivity index (χ3v) is 9.83. The van der Waals surface area contributed by atoms with Gasteiger partial charge in [0.15, 0.2) is 0 Å². The van der Waals surface area contributed by atoms with E-state index in [1.54, 1.807) is 0 Å². The van der Waals surface area contributed by atoms with Gasteiger partial charge in [-0.05, 0) is 83.5 Å². The predicted octanol–water partition coefficient (Wildman–Crippen LogP) is 12.1. The molecule has 0 aromatic heterocycles. The van der Waals surface area contributed by atoms with Gasteiger partial charge in [-0.25, -0.2) is 4.57 Å². The highest BCUT2D eigenvalue weighted by molar-refractivity contribution is 7.47. The lowest BCUT2D eigenvalue weighted by Gasteiger charge is -2.20. The van der Waals surface area contributed by atoms with E-state index in [1.165, 1.54) is 57.8 Å². The number of aliphatic hydroxyl groups excluding tert-OH is 2. The molecule has 0 saturated heterocycles. The summed E-state index contributed by atoms with van der Waals surface area (Å²) in [5.41, 5.74) is 0. The Morgan fingerprint density at radius 3 is 1.54 bits per heavy atom. The van der Waals surface area contributed by atoms with Gasteiger partial charge in [0.05, 0.1) is 26.4 Å². The standard InChI is InChI=1S/C46H81O9P/c1-3-5-7-9-11-13-15-17-19-21-22-23-24-26-28-30-32-34-36-38-46(49)55-45(43-54-56(50,51)53-41-44(48)40-47)42-52-39-37-35-33-31-29-27-25-20-18-16-14-12-10-8-6-4-2/h6,8,11-14,17-20,27,29,44-45,47-48H,3-5,7,9-10,15-16,21-26,28,30-43H2,1-2H3,(H,50,51)/b8-6-,13-11-,14-12-,19-17-,20-18-,29-27-. The second kappa shape index (κ2) is 42.5. The summed E-state index contributed by atoms with van der Waals surface area (Å²) in [6.07, 6.45) is 50.0. The molecular weight excluding hydrogens is 727 g/mol. The van der Waals surface area contributed by atoms with Crippen LogP contribution in [0.4, 0.5) is 0 Å².